The number of alkyl halides is 5. The van der Waals surface area contributed by atoms with Crippen LogP contribution in [-0.2, 0) is 16.3 Å². The third-order valence-electron chi connectivity index (χ3n) is 3.53. The summed E-state index contributed by atoms with van der Waals surface area (Å²) in [5, 5.41) is 9.68. The van der Waals surface area contributed by atoms with Crippen molar-refractivity contribution in [3.05, 3.63) is 23.3 Å². The molecule has 10 heteroatoms. The number of benzene rings is 1. The Morgan fingerprint density at radius 2 is 1.92 bits per heavy atom. The molecular weight excluding hydrogens is 359 g/mol. The fourth-order valence-corrected chi connectivity index (χ4v) is 3.42. The molecule has 0 spiro atoms. The number of aliphatic hydroxyl groups excluding tert-OH is 1. The fourth-order valence-electron chi connectivity index (χ4n) is 2.40. The first-order valence-electron chi connectivity index (χ1n) is 6.95. The van der Waals surface area contributed by atoms with Crippen LogP contribution in [0.25, 0.3) is 0 Å². The van der Waals surface area contributed by atoms with Gasteiger partial charge in [-0.15, -0.1) is 0 Å². The molecule has 0 fully saturated rings. The molecule has 1 aromatic carbocycles. The topological polar surface area (TPSA) is 63.6 Å². The van der Waals surface area contributed by atoms with Gasteiger partial charge in [0.1, 0.15) is 11.9 Å². The maximum Gasteiger partial charge on any atom is 0.501 e. The molecule has 0 unspecified atom stereocenters. The number of sulfone groups is 1. The van der Waals surface area contributed by atoms with Crippen molar-refractivity contribution in [2.45, 2.75) is 42.7 Å². The predicted octanol–water partition coefficient (Wildman–Crippen LogP) is 3.24. The molecule has 0 saturated heterocycles. The zero-order valence-electron chi connectivity index (χ0n) is 12.7. The third kappa shape index (κ3) is 3.08. The highest BCUT2D eigenvalue weighted by molar-refractivity contribution is 7.92. The second kappa shape index (κ2) is 5.83. The average molecular weight is 374 g/mol. The van der Waals surface area contributed by atoms with Gasteiger partial charge in [0.05, 0.1) is 11.5 Å². The second-order valence-electron chi connectivity index (χ2n) is 5.95. The predicted molar refractivity (Wildman–Crippen MR) is 73.6 cm³/mol. The van der Waals surface area contributed by atoms with Crippen LogP contribution in [0, 0.1) is 5.92 Å². The van der Waals surface area contributed by atoms with Gasteiger partial charge in [-0.05, 0) is 18.1 Å². The van der Waals surface area contributed by atoms with Crippen molar-refractivity contribution < 1.29 is 40.2 Å². The van der Waals surface area contributed by atoms with Gasteiger partial charge in [-0.2, -0.15) is 13.2 Å². The average Bonchev–Trinajstić information content (AvgIpc) is 2.66. The minimum absolute atomic E-state index is 0.00562. The molecule has 0 aliphatic heterocycles. The molecule has 0 bridgehead atoms. The van der Waals surface area contributed by atoms with Crippen LogP contribution in [0.5, 0.6) is 5.75 Å². The zero-order chi connectivity index (χ0) is 18.5. The monoisotopic (exact) mass is 374 g/mol. The van der Waals surface area contributed by atoms with Crippen molar-refractivity contribution in [2.24, 2.45) is 5.92 Å². The number of fused-ring (bicyclic) bond motifs is 1. The standard InChI is InChI=1S/C14H15F5O4S/c1-7(2)6-23-9-3-4-10(24(21,22)14(17,18)19)11-8(9)5-13(15,16)12(11)20/h3-4,7,12,20H,5-6H2,1-2H3/t12-/m0/s1. The van der Waals surface area contributed by atoms with E-state index in [2.05, 4.69) is 0 Å². The molecule has 1 atom stereocenters. The maximum atomic E-state index is 13.8. The molecule has 0 saturated carbocycles. The molecule has 0 amide bonds. The summed E-state index contributed by atoms with van der Waals surface area (Å²) in [6.07, 6.45) is -3.75. The SMILES string of the molecule is CC(C)COc1ccc(S(=O)(=O)C(F)(F)F)c2c1CC(F)(F)[C@H]2O. The summed E-state index contributed by atoms with van der Waals surface area (Å²) in [5.41, 5.74) is -7.03. The van der Waals surface area contributed by atoms with E-state index in [4.69, 9.17) is 4.74 Å². The summed E-state index contributed by atoms with van der Waals surface area (Å²) < 4.78 is 94.4. The Balaban J connectivity index is 2.65. The van der Waals surface area contributed by atoms with E-state index < -0.39 is 49.8 Å². The number of hydrogen-bond donors (Lipinski definition) is 1. The summed E-state index contributed by atoms with van der Waals surface area (Å²) in [5.74, 6) is -3.93. The van der Waals surface area contributed by atoms with Crippen LogP contribution in [-0.4, -0.2) is 31.6 Å². The Kier molecular flexibility index (Phi) is 4.60. The number of halogens is 5. The van der Waals surface area contributed by atoms with E-state index in [1.165, 1.54) is 0 Å². The highest BCUT2D eigenvalue weighted by Gasteiger charge is 2.55. The van der Waals surface area contributed by atoms with E-state index in [9.17, 15) is 35.5 Å². The van der Waals surface area contributed by atoms with E-state index in [-0.39, 0.29) is 18.3 Å². The molecule has 1 aliphatic carbocycles. The van der Waals surface area contributed by atoms with Gasteiger partial charge in [0.25, 0.3) is 15.8 Å². The van der Waals surface area contributed by atoms with E-state index in [0.29, 0.717) is 6.07 Å². The molecule has 1 N–H and O–H groups in total. The molecule has 4 nitrogen and oxygen atoms in total. The van der Waals surface area contributed by atoms with Crippen LogP contribution in [0.4, 0.5) is 22.0 Å². The molecule has 24 heavy (non-hydrogen) atoms. The lowest BCUT2D eigenvalue weighted by molar-refractivity contribution is -0.0978. The number of ether oxygens (including phenoxy) is 1. The number of rotatable bonds is 4. The Morgan fingerprint density at radius 1 is 1.33 bits per heavy atom. The Bertz CT molecular complexity index is 740. The summed E-state index contributed by atoms with van der Waals surface area (Å²) in [7, 11) is -5.88. The van der Waals surface area contributed by atoms with Gasteiger partial charge in [-0.25, -0.2) is 17.2 Å². The number of hydrogen-bond acceptors (Lipinski definition) is 4. The summed E-state index contributed by atoms with van der Waals surface area (Å²) in [6.45, 7) is 3.64. The van der Waals surface area contributed by atoms with E-state index in [1.807, 2.05) is 0 Å². The quantitative estimate of drug-likeness (QED) is 0.822. The van der Waals surface area contributed by atoms with Crippen molar-refractivity contribution in [1.82, 2.24) is 0 Å². The van der Waals surface area contributed by atoms with Crippen molar-refractivity contribution >= 4 is 9.84 Å². The van der Waals surface area contributed by atoms with E-state index in [0.717, 1.165) is 6.07 Å². The lowest BCUT2D eigenvalue weighted by atomic mass is 10.1. The first-order chi connectivity index (χ1) is 10.8. The first kappa shape index (κ1) is 18.9. The number of aliphatic hydroxyl groups is 1. The highest BCUT2D eigenvalue weighted by Crippen LogP contribution is 2.50. The first-order valence-corrected chi connectivity index (χ1v) is 8.43. The normalized spacial score (nSPS) is 20.3. The van der Waals surface area contributed by atoms with Crippen molar-refractivity contribution in [3.8, 4) is 5.75 Å². The molecule has 1 aromatic rings. The fraction of sp³-hybridized carbons (Fsp3) is 0.571. The maximum absolute atomic E-state index is 13.8. The van der Waals surface area contributed by atoms with Gasteiger partial charge in [0, 0.05) is 17.5 Å². The van der Waals surface area contributed by atoms with Gasteiger partial charge in [-0.1, -0.05) is 13.8 Å². The summed E-state index contributed by atoms with van der Waals surface area (Å²) in [4.78, 5) is -1.37. The molecule has 0 heterocycles. The van der Waals surface area contributed by atoms with Crippen LogP contribution in [0.1, 0.15) is 31.1 Å². The second-order valence-corrected chi connectivity index (χ2v) is 7.86. The van der Waals surface area contributed by atoms with E-state index in [1.54, 1.807) is 13.8 Å². The molecular formula is C14H15F5O4S. The van der Waals surface area contributed by atoms with Gasteiger partial charge >= 0.3 is 5.51 Å². The Hall–Kier alpha value is -1.42. The van der Waals surface area contributed by atoms with Crippen LogP contribution in [0.2, 0.25) is 0 Å². The van der Waals surface area contributed by atoms with Gasteiger partial charge in [0.15, 0.2) is 0 Å². The zero-order valence-corrected chi connectivity index (χ0v) is 13.5. The van der Waals surface area contributed by atoms with Gasteiger partial charge in [-0.3, -0.25) is 0 Å². The largest absolute Gasteiger partial charge is 0.501 e. The molecule has 136 valence electrons. The molecule has 1 aliphatic rings. The summed E-state index contributed by atoms with van der Waals surface area (Å²) >= 11 is 0. The lowest BCUT2D eigenvalue weighted by Crippen LogP contribution is -2.26. The molecule has 0 radical (unpaired) electrons. The lowest BCUT2D eigenvalue weighted by Gasteiger charge is -2.18. The van der Waals surface area contributed by atoms with Gasteiger partial charge in [0.2, 0.25) is 0 Å². The van der Waals surface area contributed by atoms with Crippen molar-refractivity contribution in [1.29, 1.82) is 0 Å². The van der Waals surface area contributed by atoms with E-state index >= 15 is 0 Å². The third-order valence-corrected chi connectivity index (χ3v) is 5.07. The van der Waals surface area contributed by atoms with Crippen LogP contribution in [0.3, 0.4) is 0 Å². The van der Waals surface area contributed by atoms with Crippen molar-refractivity contribution in [2.75, 3.05) is 6.61 Å². The smallest absolute Gasteiger partial charge is 0.493 e. The van der Waals surface area contributed by atoms with Crippen LogP contribution in [0.15, 0.2) is 17.0 Å². The minimum atomic E-state index is -5.88. The Labute approximate surface area is 135 Å². The van der Waals surface area contributed by atoms with Crippen LogP contribution >= 0.6 is 0 Å². The van der Waals surface area contributed by atoms with Gasteiger partial charge < -0.3 is 9.84 Å². The highest BCUT2D eigenvalue weighted by atomic mass is 32.2. The Morgan fingerprint density at radius 3 is 2.42 bits per heavy atom. The molecule has 2 rings (SSSR count). The summed E-state index contributed by atoms with van der Waals surface area (Å²) in [6, 6.07) is 1.45. The molecule has 0 aromatic heterocycles. The van der Waals surface area contributed by atoms with Crippen LogP contribution < -0.4 is 4.74 Å². The van der Waals surface area contributed by atoms with Crippen molar-refractivity contribution in [3.63, 3.8) is 0 Å². The minimum Gasteiger partial charge on any atom is -0.493 e.